The molecular weight excluding hydrogens is 566 g/mol. The molecule has 45 heavy (non-hydrogen) atoms. The van der Waals surface area contributed by atoms with Gasteiger partial charge in [-0.1, -0.05) is 18.2 Å². The average molecular weight is 600 g/mol. The normalized spacial score (nSPS) is 12.4. The van der Waals surface area contributed by atoms with E-state index in [0.29, 0.717) is 12.4 Å². The number of benzene rings is 3. The van der Waals surface area contributed by atoms with Gasteiger partial charge in [0, 0.05) is 53.9 Å². The number of aryl methyl sites for hydroxylation is 1. The van der Waals surface area contributed by atoms with Gasteiger partial charge >= 0.3 is 5.97 Å². The molecule has 0 radical (unpaired) electrons. The van der Waals surface area contributed by atoms with E-state index < -0.39 is 11.6 Å². The van der Waals surface area contributed by atoms with Gasteiger partial charge in [-0.15, -0.1) is 0 Å². The van der Waals surface area contributed by atoms with E-state index in [1.807, 2.05) is 37.4 Å². The molecule has 6 aromatic rings. The first kappa shape index (κ1) is 29.8. The molecule has 1 aliphatic heterocycles. The van der Waals surface area contributed by atoms with Crippen LogP contribution in [0, 0.1) is 6.92 Å². The zero-order chi connectivity index (χ0) is 31.7. The topological polar surface area (TPSA) is 131 Å². The molecule has 3 aromatic carbocycles. The molecule has 0 atom stereocenters. The van der Waals surface area contributed by atoms with Crippen LogP contribution < -0.4 is 4.74 Å². The van der Waals surface area contributed by atoms with Crippen molar-refractivity contribution in [1.29, 1.82) is 0 Å². The smallest absolute Gasteiger partial charge is 0.307 e. The van der Waals surface area contributed by atoms with Gasteiger partial charge in [0.2, 0.25) is 0 Å². The molecule has 0 saturated carbocycles. The summed E-state index contributed by atoms with van der Waals surface area (Å²) < 4.78 is 5.94. The van der Waals surface area contributed by atoms with Crippen LogP contribution >= 0.6 is 0 Å². The number of hydrogen-bond donors (Lipinski definition) is 2. The fourth-order valence-electron chi connectivity index (χ4n) is 5.60. The Morgan fingerprint density at radius 1 is 0.911 bits per heavy atom. The van der Waals surface area contributed by atoms with E-state index >= 15 is 0 Å². The van der Waals surface area contributed by atoms with Gasteiger partial charge in [-0.3, -0.25) is 9.78 Å². The quantitative estimate of drug-likeness (QED) is 0.224. The molecular formula is C36H33N5O4. The van der Waals surface area contributed by atoms with Crippen molar-refractivity contribution in [1.82, 2.24) is 24.9 Å². The molecule has 0 fully saturated rings. The summed E-state index contributed by atoms with van der Waals surface area (Å²) in [5, 5.41) is 21.3. The van der Waals surface area contributed by atoms with E-state index in [-0.39, 0.29) is 6.42 Å². The van der Waals surface area contributed by atoms with Crippen LogP contribution in [0.15, 0.2) is 79.8 Å². The van der Waals surface area contributed by atoms with Crippen molar-refractivity contribution in [2.45, 2.75) is 46.1 Å². The Bertz CT molecular complexity index is 2020. The van der Waals surface area contributed by atoms with Crippen LogP contribution in [-0.2, 0) is 17.6 Å². The highest BCUT2D eigenvalue weighted by molar-refractivity contribution is 6.09. The van der Waals surface area contributed by atoms with Gasteiger partial charge in [0.25, 0.3) is 0 Å². The van der Waals surface area contributed by atoms with E-state index in [2.05, 4.69) is 38.1 Å². The molecule has 2 N–H and O–H groups in total. The summed E-state index contributed by atoms with van der Waals surface area (Å²) in [6, 6.07) is 14.3. The maximum absolute atomic E-state index is 12.0. The van der Waals surface area contributed by atoms with Gasteiger partial charge in [0.05, 0.1) is 29.7 Å². The van der Waals surface area contributed by atoms with Crippen LogP contribution in [0.2, 0.25) is 0 Å². The van der Waals surface area contributed by atoms with Crippen LogP contribution in [0.3, 0.4) is 0 Å². The van der Waals surface area contributed by atoms with E-state index in [1.165, 1.54) is 11.9 Å². The first-order valence-corrected chi connectivity index (χ1v) is 14.7. The van der Waals surface area contributed by atoms with Crippen LogP contribution in [0.5, 0.6) is 5.75 Å². The average Bonchev–Trinajstić information content (AvgIpc) is 3.02. The molecule has 226 valence electrons. The number of nitrogens with zero attached hydrogens (tertiary/aromatic N) is 5. The zero-order valence-electron chi connectivity index (χ0n) is 25.6. The van der Waals surface area contributed by atoms with Crippen molar-refractivity contribution in [3.05, 3.63) is 96.5 Å². The first-order chi connectivity index (χ1) is 21.6. The first-order valence-electron chi connectivity index (χ1n) is 14.7. The van der Waals surface area contributed by atoms with Crippen molar-refractivity contribution in [3.8, 4) is 39.4 Å². The maximum atomic E-state index is 12.0. The fraction of sp³-hybridized carbons (Fsp3) is 0.222. The zero-order valence-corrected chi connectivity index (χ0v) is 25.6. The third kappa shape index (κ3) is 6.34. The molecule has 9 nitrogen and oxygen atoms in total. The molecule has 0 saturated heterocycles. The van der Waals surface area contributed by atoms with Crippen LogP contribution in [-0.4, -0.2) is 53.3 Å². The summed E-state index contributed by atoms with van der Waals surface area (Å²) in [4.78, 5) is 33.9. The number of carboxylic acid groups (broad SMARTS) is 1. The number of rotatable bonds is 5. The number of aliphatic hydroxyl groups is 1. The second-order valence-corrected chi connectivity index (χ2v) is 12.1. The third-order valence-corrected chi connectivity index (χ3v) is 7.44. The molecule has 0 bridgehead atoms. The summed E-state index contributed by atoms with van der Waals surface area (Å²) in [5.41, 5.74) is 7.59. The highest BCUT2D eigenvalue weighted by Crippen LogP contribution is 2.43. The molecule has 9 heteroatoms. The lowest BCUT2D eigenvalue weighted by atomic mass is 9.86. The standard InChI is InChI=1S/C32H23N5O3.C4H10O/c1-18-10-21-11-20(22-15-36-32(37-16-22)23-13-33-17-34-14-23)2-3-24(21)30(26(18)12-28(38)39)25-4-5-27-29-19(7-9-40-27)6-8-35-31(25)29;1-4(2,3)5/h2-6,8,10-11,13-17H,7,9,12H2,1H3,(H,38,39);5H,1-3H3. The van der Waals surface area contributed by atoms with Gasteiger partial charge in [0.1, 0.15) is 12.1 Å². The van der Waals surface area contributed by atoms with Crippen LogP contribution in [0.1, 0.15) is 37.5 Å². The van der Waals surface area contributed by atoms with E-state index in [1.54, 1.807) is 45.6 Å². The Kier molecular flexibility index (Phi) is 7.95. The van der Waals surface area contributed by atoms with Gasteiger partial charge < -0.3 is 14.9 Å². The Hall–Kier alpha value is -5.28. The fourth-order valence-corrected chi connectivity index (χ4v) is 5.60. The number of ether oxygens (including phenoxy) is 1. The molecule has 0 spiro atoms. The number of fused-ring (bicyclic) bond motifs is 1. The van der Waals surface area contributed by atoms with Gasteiger partial charge in [-0.2, -0.15) is 0 Å². The molecule has 1 aliphatic rings. The van der Waals surface area contributed by atoms with Gasteiger partial charge in [-0.05, 0) is 90.6 Å². The second kappa shape index (κ2) is 12.0. The molecule has 4 heterocycles. The maximum Gasteiger partial charge on any atom is 0.307 e. The van der Waals surface area contributed by atoms with Crippen molar-refractivity contribution in [3.63, 3.8) is 0 Å². The van der Waals surface area contributed by atoms with E-state index in [0.717, 1.165) is 72.8 Å². The SMILES string of the molecule is CC(C)(C)O.Cc1cc2cc(-c3cnc(-c4cncnc4)nc3)ccc2c(-c2ccc3c4c(ccnc24)CCO3)c1CC(=O)O. The van der Waals surface area contributed by atoms with Gasteiger partial charge in [-0.25, -0.2) is 19.9 Å². The van der Waals surface area contributed by atoms with Crippen molar-refractivity contribution in [2.24, 2.45) is 0 Å². The molecule has 0 aliphatic carbocycles. The lowest BCUT2D eigenvalue weighted by Gasteiger charge is -2.22. The molecule has 3 aromatic heterocycles. The number of aliphatic carboxylic acids is 1. The van der Waals surface area contributed by atoms with E-state index in [9.17, 15) is 9.90 Å². The number of aromatic nitrogens is 5. The summed E-state index contributed by atoms with van der Waals surface area (Å²) in [7, 11) is 0. The summed E-state index contributed by atoms with van der Waals surface area (Å²) in [6.45, 7) is 7.83. The minimum atomic E-state index is -0.875. The highest BCUT2D eigenvalue weighted by Gasteiger charge is 2.22. The Balaban J connectivity index is 0.000000664. The number of hydrogen-bond acceptors (Lipinski definition) is 8. The Morgan fingerprint density at radius 3 is 2.36 bits per heavy atom. The van der Waals surface area contributed by atoms with Crippen molar-refractivity contribution < 1.29 is 19.7 Å². The largest absolute Gasteiger partial charge is 0.493 e. The number of carbonyl (C=O) groups is 1. The number of carboxylic acids is 1. The van der Waals surface area contributed by atoms with Gasteiger partial charge in [0.15, 0.2) is 5.82 Å². The van der Waals surface area contributed by atoms with E-state index in [4.69, 9.17) is 14.8 Å². The summed E-state index contributed by atoms with van der Waals surface area (Å²) in [5.74, 6) is 0.499. The third-order valence-electron chi connectivity index (χ3n) is 7.44. The summed E-state index contributed by atoms with van der Waals surface area (Å²) >= 11 is 0. The highest BCUT2D eigenvalue weighted by atomic mass is 16.5. The molecule has 7 rings (SSSR count). The monoisotopic (exact) mass is 599 g/mol. The number of pyridine rings is 1. The Labute approximate surface area is 260 Å². The predicted octanol–water partition coefficient (Wildman–Crippen LogP) is 6.62. The lowest BCUT2D eigenvalue weighted by molar-refractivity contribution is -0.136. The van der Waals surface area contributed by atoms with Crippen LogP contribution in [0.25, 0.3) is 55.3 Å². The lowest BCUT2D eigenvalue weighted by Crippen LogP contribution is -2.10. The van der Waals surface area contributed by atoms with Crippen molar-refractivity contribution >= 4 is 27.6 Å². The minimum Gasteiger partial charge on any atom is -0.493 e. The van der Waals surface area contributed by atoms with Crippen LogP contribution in [0.4, 0.5) is 0 Å². The molecule has 0 unspecified atom stereocenters. The Morgan fingerprint density at radius 2 is 1.64 bits per heavy atom. The predicted molar refractivity (Wildman–Crippen MR) is 174 cm³/mol. The van der Waals surface area contributed by atoms with Crippen molar-refractivity contribution in [2.75, 3.05) is 6.61 Å². The summed E-state index contributed by atoms with van der Waals surface area (Å²) in [6.07, 6.45) is 11.0. The molecule has 0 amide bonds. The minimum absolute atomic E-state index is 0.0865. The second-order valence-electron chi connectivity index (χ2n) is 12.1.